The monoisotopic (exact) mass is 368 g/mol. The van der Waals surface area contributed by atoms with Crippen molar-refractivity contribution in [3.05, 3.63) is 71.6 Å². The van der Waals surface area contributed by atoms with Crippen molar-refractivity contribution in [2.75, 3.05) is 13.7 Å². The number of allylic oxidation sites excluding steroid dienone is 2. The quantitative estimate of drug-likeness (QED) is 0.588. The van der Waals surface area contributed by atoms with Crippen LogP contribution in [0.5, 0.6) is 5.75 Å². The highest BCUT2D eigenvalue weighted by Crippen LogP contribution is 2.40. The lowest BCUT2D eigenvalue weighted by Gasteiger charge is -2.29. The Morgan fingerprint density at radius 1 is 1.19 bits per heavy atom. The zero-order chi connectivity index (χ0) is 19.4. The van der Waals surface area contributed by atoms with E-state index in [0.29, 0.717) is 23.3 Å². The van der Waals surface area contributed by atoms with E-state index in [1.54, 1.807) is 38.3 Å². The second-order valence-electron chi connectivity index (χ2n) is 6.40. The fraction of sp³-hybridized carbons (Fsp3) is 0.273. The van der Waals surface area contributed by atoms with Crippen molar-refractivity contribution in [2.24, 2.45) is 5.92 Å². The van der Waals surface area contributed by atoms with Crippen molar-refractivity contribution < 1.29 is 23.5 Å². The van der Waals surface area contributed by atoms with Crippen LogP contribution < -0.4 is 4.74 Å². The van der Waals surface area contributed by atoms with Crippen LogP contribution in [0.1, 0.15) is 30.4 Å². The van der Waals surface area contributed by atoms with Crippen molar-refractivity contribution in [1.82, 2.24) is 0 Å². The number of hydrogen-bond donors (Lipinski definition) is 0. The summed E-state index contributed by atoms with van der Waals surface area (Å²) >= 11 is 0. The van der Waals surface area contributed by atoms with Crippen molar-refractivity contribution >= 4 is 17.3 Å². The van der Waals surface area contributed by atoms with E-state index in [4.69, 9.17) is 9.47 Å². The van der Waals surface area contributed by atoms with Gasteiger partial charge in [-0.15, -0.1) is 0 Å². The summed E-state index contributed by atoms with van der Waals surface area (Å²) in [6.07, 6.45) is 1.88. The molecule has 0 aliphatic heterocycles. The minimum Gasteiger partial charge on any atom is -0.497 e. The maximum Gasteiger partial charge on any atom is 0.317 e. The number of ketones is 1. The molecule has 0 unspecified atom stereocenters. The Morgan fingerprint density at radius 3 is 2.56 bits per heavy atom. The molecule has 0 N–H and O–H groups in total. The molecule has 4 nitrogen and oxygen atoms in total. The Bertz CT molecular complexity index is 870. The van der Waals surface area contributed by atoms with Gasteiger partial charge >= 0.3 is 5.97 Å². The summed E-state index contributed by atoms with van der Waals surface area (Å²) in [5, 5.41) is 0. The van der Waals surface area contributed by atoms with Gasteiger partial charge in [0.1, 0.15) is 17.5 Å². The highest BCUT2D eigenvalue weighted by atomic mass is 19.1. The van der Waals surface area contributed by atoms with E-state index >= 15 is 0 Å². The first-order valence-corrected chi connectivity index (χ1v) is 8.84. The Balaban J connectivity index is 2.01. The normalized spacial score (nSPS) is 19.4. The van der Waals surface area contributed by atoms with Gasteiger partial charge in [0.2, 0.25) is 0 Å². The van der Waals surface area contributed by atoms with Crippen LogP contribution in [0.4, 0.5) is 4.39 Å². The Labute approximate surface area is 157 Å². The molecule has 5 heteroatoms. The minimum atomic E-state index is -0.907. The highest BCUT2D eigenvalue weighted by Gasteiger charge is 2.39. The van der Waals surface area contributed by atoms with Crippen LogP contribution in [0.25, 0.3) is 5.57 Å². The first kappa shape index (κ1) is 18.8. The third kappa shape index (κ3) is 4.08. The van der Waals surface area contributed by atoms with E-state index in [2.05, 4.69) is 0 Å². The lowest BCUT2D eigenvalue weighted by atomic mass is 9.73. The summed E-state index contributed by atoms with van der Waals surface area (Å²) in [6, 6.07) is 13.4. The summed E-state index contributed by atoms with van der Waals surface area (Å²) < 4.78 is 23.9. The molecule has 0 fully saturated rings. The van der Waals surface area contributed by atoms with Crippen LogP contribution in [0.2, 0.25) is 0 Å². The first-order chi connectivity index (χ1) is 13.0. The molecule has 1 aliphatic rings. The van der Waals surface area contributed by atoms with Crippen LogP contribution >= 0.6 is 0 Å². The molecule has 27 heavy (non-hydrogen) atoms. The predicted molar refractivity (Wildman–Crippen MR) is 99.9 cm³/mol. The van der Waals surface area contributed by atoms with Crippen LogP contribution in [0.15, 0.2) is 54.6 Å². The molecule has 1 aliphatic carbocycles. The second kappa shape index (κ2) is 8.16. The molecule has 3 rings (SSSR count). The average Bonchev–Trinajstić information content (AvgIpc) is 2.67. The van der Waals surface area contributed by atoms with E-state index in [9.17, 15) is 14.0 Å². The molecule has 140 valence electrons. The number of methoxy groups -OCH3 is 1. The molecular formula is C22H21FO4. The molecule has 0 saturated carbocycles. The fourth-order valence-electron chi connectivity index (χ4n) is 3.44. The number of esters is 1. The number of halogens is 1. The van der Waals surface area contributed by atoms with Gasteiger partial charge in [-0.2, -0.15) is 0 Å². The first-order valence-electron chi connectivity index (χ1n) is 8.84. The van der Waals surface area contributed by atoms with Crippen LogP contribution in [0, 0.1) is 11.7 Å². The van der Waals surface area contributed by atoms with Gasteiger partial charge in [-0.3, -0.25) is 9.59 Å². The summed E-state index contributed by atoms with van der Waals surface area (Å²) in [5.74, 6) is -1.82. The van der Waals surface area contributed by atoms with Gasteiger partial charge < -0.3 is 9.47 Å². The number of carbonyl (C=O) groups excluding carboxylic acids is 2. The van der Waals surface area contributed by atoms with E-state index < -0.39 is 11.9 Å². The number of ether oxygens (including phenoxy) is 2. The van der Waals surface area contributed by atoms with Gasteiger partial charge in [0, 0.05) is 5.92 Å². The molecule has 0 radical (unpaired) electrons. The van der Waals surface area contributed by atoms with Gasteiger partial charge in [0.25, 0.3) is 0 Å². The standard InChI is InChI=1S/C22H21FO4/c1-3-27-22(25)21-19(14-7-9-18(26-2)10-8-14)12-16(13-20(21)24)15-5-4-6-17(23)11-15/h4-11,13,19,21H,3,12H2,1-2H3/t19-,21+/m0/s1. The Hall–Kier alpha value is -2.95. The summed E-state index contributed by atoms with van der Waals surface area (Å²) in [6.45, 7) is 1.92. The second-order valence-corrected chi connectivity index (χ2v) is 6.40. The predicted octanol–water partition coefficient (Wildman–Crippen LogP) is 4.15. The van der Waals surface area contributed by atoms with Gasteiger partial charge in [0.15, 0.2) is 5.78 Å². The van der Waals surface area contributed by atoms with Crippen LogP contribution in [-0.4, -0.2) is 25.5 Å². The molecule has 2 aromatic rings. The van der Waals surface area contributed by atoms with Crippen molar-refractivity contribution in [3.8, 4) is 5.75 Å². The molecule has 2 atom stereocenters. The largest absolute Gasteiger partial charge is 0.497 e. The van der Waals surface area contributed by atoms with E-state index in [0.717, 1.165) is 5.56 Å². The fourth-order valence-corrected chi connectivity index (χ4v) is 3.44. The zero-order valence-corrected chi connectivity index (χ0v) is 15.3. The lowest BCUT2D eigenvalue weighted by Crippen LogP contribution is -2.34. The molecule has 2 aromatic carbocycles. The van der Waals surface area contributed by atoms with Gasteiger partial charge in [-0.1, -0.05) is 24.3 Å². The molecule has 0 heterocycles. The van der Waals surface area contributed by atoms with E-state index in [1.165, 1.54) is 18.2 Å². The molecule has 0 saturated heterocycles. The number of benzene rings is 2. The number of hydrogen-bond acceptors (Lipinski definition) is 4. The van der Waals surface area contributed by atoms with Gasteiger partial charge in [-0.25, -0.2) is 4.39 Å². The topological polar surface area (TPSA) is 52.6 Å². The average molecular weight is 368 g/mol. The summed E-state index contributed by atoms with van der Waals surface area (Å²) in [4.78, 5) is 25.2. The van der Waals surface area contributed by atoms with Crippen molar-refractivity contribution in [2.45, 2.75) is 19.3 Å². The van der Waals surface area contributed by atoms with E-state index in [-0.39, 0.29) is 24.1 Å². The molecule has 0 aromatic heterocycles. The highest BCUT2D eigenvalue weighted by molar-refractivity contribution is 6.10. The number of rotatable bonds is 5. The van der Waals surface area contributed by atoms with Gasteiger partial charge in [0.05, 0.1) is 13.7 Å². The smallest absolute Gasteiger partial charge is 0.317 e. The SMILES string of the molecule is CCOC(=O)[C@H]1C(=O)C=C(c2cccc(F)c2)C[C@H]1c1ccc(OC)cc1. The molecule has 0 spiro atoms. The third-order valence-corrected chi connectivity index (χ3v) is 4.75. The van der Waals surface area contributed by atoms with Crippen molar-refractivity contribution in [3.63, 3.8) is 0 Å². The third-order valence-electron chi connectivity index (χ3n) is 4.75. The van der Waals surface area contributed by atoms with Gasteiger partial charge in [-0.05, 0) is 60.4 Å². The van der Waals surface area contributed by atoms with Crippen LogP contribution in [-0.2, 0) is 14.3 Å². The zero-order valence-electron chi connectivity index (χ0n) is 15.3. The molecular weight excluding hydrogens is 347 g/mol. The maximum atomic E-state index is 13.6. The van der Waals surface area contributed by atoms with E-state index in [1.807, 2.05) is 12.1 Å². The minimum absolute atomic E-state index is 0.207. The molecule has 0 amide bonds. The van der Waals surface area contributed by atoms with Crippen molar-refractivity contribution in [1.29, 1.82) is 0 Å². The lowest BCUT2D eigenvalue weighted by molar-refractivity contribution is -0.151. The summed E-state index contributed by atoms with van der Waals surface area (Å²) in [5.41, 5.74) is 2.19. The Morgan fingerprint density at radius 2 is 1.93 bits per heavy atom. The summed E-state index contributed by atoms with van der Waals surface area (Å²) in [7, 11) is 1.57. The number of carbonyl (C=O) groups is 2. The Kier molecular flexibility index (Phi) is 5.69. The maximum absolute atomic E-state index is 13.6. The van der Waals surface area contributed by atoms with Crippen LogP contribution in [0.3, 0.4) is 0 Å². The molecule has 0 bridgehead atoms.